The van der Waals surface area contributed by atoms with Crippen molar-refractivity contribution in [2.45, 2.75) is 33.4 Å². The van der Waals surface area contributed by atoms with Crippen LogP contribution < -0.4 is 4.90 Å². The number of H-pyrrole nitrogens is 1. The van der Waals surface area contributed by atoms with Crippen LogP contribution in [-0.2, 0) is 11.3 Å². The second-order valence-corrected chi connectivity index (χ2v) is 6.84. The number of ketones is 1. The number of aromatic amines is 1. The number of nitrogens with one attached hydrogen (secondary N) is 2. The second kappa shape index (κ2) is 7.10. The minimum atomic E-state index is -0.415. The average Bonchev–Trinajstić information content (AvgIpc) is 3.13. The van der Waals surface area contributed by atoms with Gasteiger partial charge in [-0.05, 0) is 37.8 Å². The lowest BCUT2D eigenvalue weighted by molar-refractivity contribution is -0.907. The Balaban J connectivity index is 2.21. The molecular formula is C17H23N2O3S+. The molecule has 5 nitrogen and oxygen atoms in total. The molecule has 124 valence electrons. The molecule has 2 rings (SSSR count). The number of carbonyl (C=O) groups is 2. The van der Waals surface area contributed by atoms with Crippen molar-refractivity contribution < 1.29 is 19.2 Å². The molecule has 1 unspecified atom stereocenters. The van der Waals surface area contributed by atoms with E-state index in [1.165, 1.54) is 12.0 Å². The van der Waals surface area contributed by atoms with E-state index in [9.17, 15) is 9.59 Å². The topological polar surface area (TPSA) is 63.6 Å². The zero-order valence-corrected chi connectivity index (χ0v) is 15.0. The number of esters is 1. The molecule has 0 aliphatic rings. The first kappa shape index (κ1) is 17.4. The molecule has 0 aliphatic carbocycles. The van der Waals surface area contributed by atoms with Gasteiger partial charge in [0.15, 0.2) is 6.04 Å². The fourth-order valence-electron chi connectivity index (χ4n) is 2.69. The maximum atomic E-state index is 12.8. The standard InChI is InChI=1S/C17H22N2O3S/c1-10-14(17(21)22-5)11(2)18-15(10)16(20)12(3)19(4)9-13-7-6-8-23-13/h6-8,12,18H,9H2,1-5H3/p+1/t12-/m0/s1. The van der Waals surface area contributed by atoms with Crippen molar-refractivity contribution in [1.82, 2.24) is 4.98 Å². The molecule has 0 saturated carbocycles. The summed E-state index contributed by atoms with van der Waals surface area (Å²) in [6.45, 7) is 6.28. The van der Waals surface area contributed by atoms with E-state index in [-0.39, 0.29) is 11.8 Å². The quantitative estimate of drug-likeness (QED) is 0.625. The van der Waals surface area contributed by atoms with Crippen LogP contribution in [0.5, 0.6) is 0 Å². The lowest BCUT2D eigenvalue weighted by Gasteiger charge is -2.20. The van der Waals surface area contributed by atoms with Crippen molar-refractivity contribution in [1.29, 1.82) is 0 Å². The number of aromatic nitrogens is 1. The Kier molecular flexibility index (Phi) is 5.38. The molecule has 0 radical (unpaired) electrons. The molecule has 2 aromatic heterocycles. The van der Waals surface area contributed by atoms with Gasteiger partial charge in [0.05, 0.1) is 30.3 Å². The minimum Gasteiger partial charge on any atom is -0.465 e. The second-order valence-electron chi connectivity index (χ2n) is 5.81. The summed E-state index contributed by atoms with van der Waals surface area (Å²) in [7, 11) is 3.35. The van der Waals surface area contributed by atoms with Gasteiger partial charge >= 0.3 is 5.97 Å². The number of thiophene rings is 1. The van der Waals surface area contributed by atoms with Gasteiger partial charge in [0.1, 0.15) is 6.54 Å². The van der Waals surface area contributed by atoms with Gasteiger partial charge in [-0.25, -0.2) is 4.79 Å². The molecule has 2 atom stereocenters. The summed E-state index contributed by atoms with van der Waals surface area (Å²) in [5.74, 6) is -0.406. The van der Waals surface area contributed by atoms with Crippen LogP contribution in [0.15, 0.2) is 17.5 Å². The maximum Gasteiger partial charge on any atom is 0.339 e. The van der Waals surface area contributed by atoms with Crippen LogP contribution in [0.25, 0.3) is 0 Å². The van der Waals surface area contributed by atoms with Gasteiger partial charge in [0.25, 0.3) is 0 Å². The number of ether oxygens (including phenoxy) is 1. The third kappa shape index (κ3) is 3.54. The van der Waals surface area contributed by atoms with Crippen LogP contribution in [0.3, 0.4) is 0 Å². The average molecular weight is 335 g/mol. The van der Waals surface area contributed by atoms with E-state index in [1.807, 2.05) is 25.4 Å². The molecule has 6 heteroatoms. The van der Waals surface area contributed by atoms with Gasteiger partial charge in [0.2, 0.25) is 5.78 Å². The highest BCUT2D eigenvalue weighted by atomic mass is 32.1. The molecule has 0 aromatic carbocycles. The number of carbonyl (C=O) groups excluding carboxylic acids is 2. The number of Topliss-reactive ketones (excluding diaryl/α,β-unsaturated/α-hetero) is 1. The molecule has 0 bridgehead atoms. The lowest BCUT2D eigenvalue weighted by Crippen LogP contribution is -3.12. The molecular weight excluding hydrogens is 312 g/mol. The number of quaternary nitrogens is 1. The van der Waals surface area contributed by atoms with Crippen molar-refractivity contribution in [3.63, 3.8) is 0 Å². The summed E-state index contributed by atoms with van der Waals surface area (Å²) in [5, 5.41) is 2.04. The molecule has 23 heavy (non-hydrogen) atoms. The van der Waals surface area contributed by atoms with Crippen LogP contribution in [0, 0.1) is 13.8 Å². The Bertz CT molecular complexity index is 704. The predicted octanol–water partition coefficient (Wildman–Crippen LogP) is 1.77. The number of hydrogen-bond acceptors (Lipinski definition) is 4. The van der Waals surface area contributed by atoms with E-state index in [0.717, 1.165) is 11.4 Å². The predicted molar refractivity (Wildman–Crippen MR) is 90.3 cm³/mol. The Hall–Kier alpha value is -1.92. The van der Waals surface area contributed by atoms with Crippen LogP contribution in [0.2, 0.25) is 0 Å². The summed E-state index contributed by atoms with van der Waals surface area (Å²) in [6.07, 6.45) is 0. The first-order valence-corrected chi connectivity index (χ1v) is 8.41. The molecule has 2 heterocycles. The Morgan fingerprint density at radius 3 is 2.65 bits per heavy atom. The molecule has 0 fully saturated rings. The summed E-state index contributed by atoms with van der Waals surface area (Å²) < 4.78 is 4.79. The van der Waals surface area contributed by atoms with Crippen LogP contribution in [0.1, 0.15) is 43.9 Å². The minimum absolute atomic E-state index is 0.00908. The summed E-state index contributed by atoms with van der Waals surface area (Å²) in [5.41, 5.74) is 2.29. The zero-order chi connectivity index (χ0) is 17.1. The van der Waals surface area contributed by atoms with E-state index < -0.39 is 5.97 Å². The van der Waals surface area contributed by atoms with Gasteiger partial charge in [-0.2, -0.15) is 0 Å². The summed E-state index contributed by atoms with van der Waals surface area (Å²) in [4.78, 5) is 30.1. The summed E-state index contributed by atoms with van der Waals surface area (Å²) >= 11 is 1.69. The number of methoxy groups -OCH3 is 1. The van der Waals surface area contributed by atoms with Crippen molar-refractivity contribution >= 4 is 23.1 Å². The monoisotopic (exact) mass is 335 g/mol. The van der Waals surface area contributed by atoms with Gasteiger partial charge in [-0.15, -0.1) is 11.3 Å². The smallest absolute Gasteiger partial charge is 0.339 e. The van der Waals surface area contributed by atoms with Gasteiger partial charge in [-0.1, -0.05) is 6.07 Å². The number of aryl methyl sites for hydroxylation is 1. The SMILES string of the molecule is COC(=O)c1c(C)[nH]c(C(=O)[C@H](C)[NH+](C)Cc2cccs2)c1C. The van der Waals surface area contributed by atoms with E-state index in [1.54, 1.807) is 25.2 Å². The highest BCUT2D eigenvalue weighted by molar-refractivity contribution is 7.09. The molecule has 2 N–H and O–H groups in total. The number of rotatable bonds is 6. The molecule has 0 spiro atoms. The Morgan fingerprint density at radius 1 is 1.39 bits per heavy atom. The fourth-order valence-corrected chi connectivity index (χ4v) is 3.49. The third-order valence-electron chi connectivity index (χ3n) is 4.24. The normalized spacial score (nSPS) is 13.6. The van der Waals surface area contributed by atoms with Crippen LogP contribution >= 0.6 is 11.3 Å². The first-order valence-electron chi connectivity index (χ1n) is 7.53. The fraction of sp³-hybridized carbons (Fsp3) is 0.412. The highest BCUT2D eigenvalue weighted by Crippen LogP contribution is 2.20. The summed E-state index contributed by atoms with van der Waals surface area (Å²) in [6, 6.07) is 3.88. The zero-order valence-electron chi connectivity index (χ0n) is 14.1. The Labute approximate surface area is 140 Å². The van der Waals surface area contributed by atoms with Crippen molar-refractivity contribution in [3.05, 3.63) is 44.9 Å². The molecule has 0 amide bonds. The van der Waals surface area contributed by atoms with Crippen molar-refractivity contribution in [2.75, 3.05) is 14.2 Å². The lowest BCUT2D eigenvalue weighted by atomic mass is 10.0. The van der Waals surface area contributed by atoms with E-state index in [2.05, 4.69) is 11.1 Å². The van der Waals surface area contributed by atoms with E-state index in [0.29, 0.717) is 22.5 Å². The molecule has 0 saturated heterocycles. The van der Waals surface area contributed by atoms with Crippen LogP contribution in [0.4, 0.5) is 0 Å². The highest BCUT2D eigenvalue weighted by Gasteiger charge is 2.29. The van der Waals surface area contributed by atoms with Gasteiger partial charge in [0, 0.05) is 5.69 Å². The van der Waals surface area contributed by atoms with E-state index >= 15 is 0 Å². The number of likely N-dealkylation sites (N-methyl/N-ethyl adjacent to an activating group) is 1. The van der Waals surface area contributed by atoms with Gasteiger partial charge in [-0.3, -0.25) is 4.79 Å². The first-order chi connectivity index (χ1) is 10.9. The molecule has 2 aromatic rings. The molecule has 0 aliphatic heterocycles. The van der Waals surface area contributed by atoms with Crippen molar-refractivity contribution in [2.24, 2.45) is 0 Å². The van der Waals surface area contributed by atoms with Crippen LogP contribution in [-0.4, -0.2) is 36.9 Å². The maximum absolute atomic E-state index is 12.8. The Morgan fingerprint density at radius 2 is 2.09 bits per heavy atom. The van der Waals surface area contributed by atoms with E-state index in [4.69, 9.17) is 4.74 Å². The van der Waals surface area contributed by atoms with Crippen molar-refractivity contribution in [3.8, 4) is 0 Å². The largest absolute Gasteiger partial charge is 0.465 e. The third-order valence-corrected chi connectivity index (χ3v) is 5.12. The van der Waals surface area contributed by atoms with Gasteiger partial charge < -0.3 is 14.6 Å². The number of hydrogen-bond donors (Lipinski definition) is 2.